The van der Waals surface area contributed by atoms with Gasteiger partial charge in [-0.3, -0.25) is 4.79 Å². The standard InChI is InChI=1S/C15H21FN2O/c1-14(2)12(15(14,3)4)8-18-13(19)9-5-10(16)7-11(17)6-9/h5-7,12H,8,17H2,1-4H3,(H,18,19). The van der Waals surface area contributed by atoms with E-state index in [2.05, 4.69) is 33.0 Å². The summed E-state index contributed by atoms with van der Waals surface area (Å²) in [6, 6.07) is 3.89. The van der Waals surface area contributed by atoms with Crippen molar-refractivity contribution in [1.29, 1.82) is 0 Å². The second-order valence-electron chi connectivity index (χ2n) is 6.48. The van der Waals surface area contributed by atoms with E-state index in [1.54, 1.807) is 0 Å². The molecule has 1 aliphatic rings. The van der Waals surface area contributed by atoms with Crippen LogP contribution < -0.4 is 11.1 Å². The van der Waals surface area contributed by atoms with Gasteiger partial charge in [0.1, 0.15) is 5.82 Å². The molecular weight excluding hydrogens is 243 g/mol. The zero-order chi connectivity index (χ0) is 14.4. The van der Waals surface area contributed by atoms with Gasteiger partial charge in [-0.25, -0.2) is 4.39 Å². The third-order valence-electron chi connectivity index (χ3n) is 4.97. The third kappa shape index (κ3) is 2.31. The number of nitrogen functional groups attached to an aromatic ring is 1. The molecule has 104 valence electrons. The van der Waals surface area contributed by atoms with Gasteiger partial charge in [-0.05, 0) is 34.9 Å². The summed E-state index contributed by atoms with van der Waals surface area (Å²) < 4.78 is 13.2. The maximum Gasteiger partial charge on any atom is 0.251 e. The molecule has 1 fully saturated rings. The van der Waals surface area contributed by atoms with Gasteiger partial charge in [-0.15, -0.1) is 0 Å². The maximum absolute atomic E-state index is 13.2. The van der Waals surface area contributed by atoms with Crippen molar-refractivity contribution in [2.24, 2.45) is 16.7 Å². The topological polar surface area (TPSA) is 55.1 Å². The van der Waals surface area contributed by atoms with Crippen LogP contribution in [0.15, 0.2) is 18.2 Å². The van der Waals surface area contributed by atoms with Crippen LogP contribution in [0.1, 0.15) is 38.1 Å². The minimum atomic E-state index is -0.489. The van der Waals surface area contributed by atoms with E-state index >= 15 is 0 Å². The lowest BCUT2D eigenvalue weighted by molar-refractivity contribution is 0.0949. The molecule has 3 N–H and O–H groups in total. The lowest BCUT2D eigenvalue weighted by Crippen LogP contribution is -2.27. The molecule has 0 spiro atoms. The number of nitrogens with one attached hydrogen (secondary N) is 1. The van der Waals surface area contributed by atoms with Crippen molar-refractivity contribution in [3.8, 4) is 0 Å². The third-order valence-corrected chi connectivity index (χ3v) is 4.97. The highest BCUT2D eigenvalue weighted by Crippen LogP contribution is 2.67. The Morgan fingerprint density at radius 1 is 1.26 bits per heavy atom. The Bertz CT molecular complexity index is 489. The monoisotopic (exact) mass is 264 g/mol. The van der Waals surface area contributed by atoms with Gasteiger partial charge >= 0.3 is 0 Å². The van der Waals surface area contributed by atoms with E-state index in [1.165, 1.54) is 18.2 Å². The van der Waals surface area contributed by atoms with Crippen LogP contribution in [-0.4, -0.2) is 12.5 Å². The van der Waals surface area contributed by atoms with Gasteiger partial charge < -0.3 is 11.1 Å². The zero-order valence-electron chi connectivity index (χ0n) is 11.9. The molecule has 4 heteroatoms. The second-order valence-corrected chi connectivity index (χ2v) is 6.48. The number of amides is 1. The van der Waals surface area contributed by atoms with Crippen LogP contribution in [0.5, 0.6) is 0 Å². The van der Waals surface area contributed by atoms with Crippen molar-refractivity contribution in [3.05, 3.63) is 29.6 Å². The molecule has 1 amide bonds. The Morgan fingerprint density at radius 3 is 2.32 bits per heavy atom. The van der Waals surface area contributed by atoms with E-state index < -0.39 is 5.82 Å². The molecule has 19 heavy (non-hydrogen) atoms. The average molecular weight is 264 g/mol. The summed E-state index contributed by atoms with van der Waals surface area (Å²) >= 11 is 0. The summed E-state index contributed by atoms with van der Waals surface area (Å²) in [6.07, 6.45) is 0. The number of hydrogen-bond donors (Lipinski definition) is 2. The van der Waals surface area contributed by atoms with Gasteiger partial charge in [0.25, 0.3) is 5.91 Å². The van der Waals surface area contributed by atoms with Crippen LogP contribution in [0.2, 0.25) is 0 Å². The summed E-state index contributed by atoms with van der Waals surface area (Å²) in [7, 11) is 0. The normalized spacial score (nSPS) is 20.1. The maximum atomic E-state index is 13.2. The summed E-state index contributed by atoms with van der Waals surface area (Å²) in [5.41, 5.74) is 6.51. The van der Waals surface area contributed by atoms with Crippen molar-refractivity contribution in [3.63, 3.8) is 0 Å². The van der Waals surface area contributed by atoms with Crippen molar-refractivity contribution < 1.29 is 9.18 Å². The Morgan fingerprint density at radius 2 is 1.84 bits per heavy atom. The SMILES string of the molecule is CC1(C)C(CNC(=O)c2cc(N)cc(F)c2)C1(C)C. The van der Waals surface area contributed by atoms with Crippen molar-refractivity contribution >= 4 is 11.6 Å². The molecule has 0 aromatic heterocycles. The molecule has 0 atom stereocenters. The predicted octanol–water partition coefficient (Wildman–Crippen LogP) is 2.82. The molecule has 1 aliphatic carbocycles. The first-order valence-electron chi connectivity index (χ1n) is 6.50. The van der Waals surface area contributed by atoms with Crippen LogP contribution in [0.3, 0.4) is 0 Å². The Hall–Kier alpha value is -1.58. The minimum Gasteiger partial charge on any atom is -0.399 e. The summed E-state index contributed by atoms with van der Waals surface area (Å²) in [5.74, 6) is -0.322. The molecule has 0 saturated heterocycles. The lowest BCUT2D eigenvalue weighted by Gasteiger charge is -2.07. The smallest absolute Gasteiger partial charge is 0.251 e. The summed E-state index contributed by atoms with van der Waals surface area (Å²) in [4.78, 5) is 12.0. The molecular formula is C15H21FN2O. The highest BCUT2D eigenvalue weighted by Gasteiger charge is 2.64. The number of carbonyl (C=O) groups excluding carboxylic acids is 1. The van der Waals surface area contributed by atoms with E-state index in [9.17, 15) is 9.18 Å². The summed E-state index contributed by atoms with van der Waals surface area (Å²) in [6.45, 7) is 9.40. The fraction of sp³-hybridized carbons (Fsp3) is 0.533. The Labute approximate surface area is 113 Å². The highest BCUT2D eigenvalue weighted by molar-refractivity contribution is 5.95. The Balaban J connectivity index is 2.00. The molecule has 0 bridgehead atoms. The van der Waals surface area contributed by atoms with Crippen LogP contribution in [0, 0.1) is 22.6 Å². The zero-order valence-corrected chi connectivity index (χ0v) is 11.9. The van der Waals surface area contributed by atoms with Gasteiger partial charge in [0.05, 0.1) is 0 Å². The lowest BCUT2D eigenvalue weighted by atomic mass is 10.0. The fourth-order valence-electron chi connectivity index (χ4n) is 2.88. The molecule has 0 unspecified atom stereocenters. The van der Waals surface area contributed by atoms with Crippen LogP contribution in [0.25, 0.3) is 0 Å². The van der Waals surface area contributed by atoms with Crippen molar-refractivity contribution in [2.75, 3.05) is 12.3 Å². The van der Waals surface area contributed by atoms with E-state index in [1.807, 2.05) is 0 Å². The highest BCUT2D eigenvalue weighted by atomic mass is 19.1. The van der Waals surface area contributed by atoms with Gasteiger partial charge in [0.2, 0.25) is 0 Å². The van der Waals surface area contributed by atoms with Crippen LogP contribution in [-0.2, 0) is 0 Å². The number of anilines is 1. The molecule has 3 nitrogen and oxygen atoms in total. The van der Waals surface area contributed by atoms with Gasteiger partial charge in [0.15, 0.2) is 0 Å². The van der Waals surface area contributed by atoms with Crippen molar-refractivity contribution in [2.45, 2.75) is 27.7 Å². The molecule has 1 saturated carbocycles. The largest absolute Gasteiger partial charge is 0.399 e. The van der Waals surface area contributed by atoms with Gasteiger partial charge in [-0.1, -0.05) is 27.7 Å². The first-order valence-corrected chi connectivity index (χ1v) is 6.50. The fourth-order valence-corrected chi connectivity index (χ4v) is 2.88. The van der Waals surface area contributed by atoms with Gasteiger partial charge in [0, 0.05) is 17.8 Å². The van der Waals surface area contributed by atoms with E-state index in [0.717, 1.165) is 0 Å². The number of carbonyl (C=O) groups is 1. The molecule has 0 heterocycles. The second kappa shape index (κ2) is 4.22. The molecule has 0 aliphatic heterocycles. The number of halogens is 1. The Kier molecular flexibility index (Phi) is 3.07. The van der Waals surface area contributed by atoms with Gasteiger partial charge in [-0.2, -0.15) is 0 Å². The average Bonchev–Trinajstić information content (AvgIpc) is 2.65. The molecule has 2 rings (SSSR count). The number of hydrogen-bond acceptors (Lipinski definition) is 2. The summed E-state index contributed by atoms with van der Waals surface area (Å²) in [5, 5.41) is 2.87. The van der Waals surface area contributed by atoms with Crippen molar-refractivity contribution in [1.82, 2.24) is 5.32 Å². The first kappa shape index (κ1) is 13.8. The van der Waals surface area contributed by atoms with E-state index in [0.29, 0.717) is 12.5 Å². The van der Waals surface area contributed by atoms with E-state index in [-0.39, 0.29) is 28.0 Å². The quantitative estimate of drug-likeness (QED) is 0.825. The number of rotatable bonds is 3. The van der Waals surface area contributed by atoms with Crippen LogP contribution >= 0.6 is 0 Å². The van der Waals surface area contributed by atoms with E-state index in [4.69, 9.17) is 5.73 Å². The number of nitrogens with two attached hydrogens (primary N) is 1. The first-order chi connectivity index (χ1) is 8.66. The number of benzene rings is 1. The minimum absolute atomic E-state index is 0.223. The molecule has 0 radical (unpaired) electrons. The molecule has 1 aromatic carbocycles. The predicted molar refractivity (Wildman–Crippen MR) is 74.2 cm³/mol. The molecule has 1 aromatic rings. The van der Waals surface area contributed by atoms with Crippen LogP contribution in [0.4, 0.5) is 10.1 Å².